The fourth-order valence-corrected chi connectivity index (χ4v) is 1.86. The Kier molecular flexibility index (Phi) is 5.59. The quantitative estimate of drug-likeness (QED) is 0.858. The highest BCUT2D eigenvalue weighted by molar-refractivity contribution is 5.93. The number of halogens is 2. The summed E-state index contributed by atoms with van der Waals surface area (Å²) in [5.41, 5.74) is 0.830. The SMILES string of the molecule is CN(C)CCNC(=O)c1cc(Nc2ccc(F)cc2F)ccn1. The summed E-state index contributed by atoms with van der Waals surface area (Å²) in [6.07, 6.45) is 1.45. The van der Waals surface area contributed by atoms with Crippen LogP contribution in [-0.4, -0.2) is 43.0 Å². The van der Waals surface area contributed by atoms with Crippen LogP contribution in [0.15, 0.2) is 36.5 Å². The van der Waals surface area contributed by atoms with Gasteiger partial charge in [0.1, 0.15) is 17.3 Å². The van der Waals surface area contributed by atoms with Gasteiger partial charge in [-0.2, -0.15) is 0 Å². The Morgan fingerprint density at radius 1 is 1.22 bits per heavy atom. The van der Waals surface area contributed by atoms with E-state index in [9.17, 15) is 13.6 Å². The smallest absolute Gasteiger partial charge is 0.269 e. The van der Waals surface area contributed by atoms with Crippen LogP contribution in [0.4, 0.5) is 20.2 Å². The van der Waals surface area contributed by atoms with Gasteiger partial charge >= 0.3 is 0 Å². The Bertz CT molecular complexity index is 692. The number of nitrogens with zero attached hydrogens (tertiary/aromatic N) is 2. The summed E-state index contributed by atoms with van der Waals surface area (Å²) in [4.78, 5) is 17.9. The molecule has 1 amide bonds. The minimum Gasteiger partial charge on any atom is -0.353 e. The molecule has 122 valence electrons. The van der Waals surface area contributed by atoms with Gasteiger partial charge in [-0.15, -0.1) is 0 Å². The number of benzene rings is 1. The van der Waals surface area contributed by atoms with Crippen LogP contribution >= 0.6 is 0 Å². The maximum absolute atomic E-state index is 13.6. The molecular weight excluding hydrogens is 302 g/mol. The Morgan fingerprint density at radius 2 is 2.00 bits per heavy atom. The Labute approximate surface area is 133 Å². The molecule has 0 radical (unpaired) electrons. The molecule has 1 aromatic heterocycles. The lowest BCUT2D eigenvalue weighted by atomic mass is 10.2. The Hall–Kier alpha value is -2.54. The number of carbonyl (C=O) groups excluding carboxylic acids is 1. The summed E-state index contributed by atoms with van der Waals surface area (Å²) in [7, 11) is 3.82. The molecule has 0 aliphatic rings. The molecule has 0 aliphatic heterocycles. The predicted octanol–water partition coefficient (Wildman–Crippen LogP) is 2.39. The molecule has 0 bridgehead atoms. The molecule has 0 saturated carbocycles. The van der Waals surface area contributed by atoms with E-state index >= 15 is 0 Å². The van der Waals surface area contributed by atoms with Crippen molar-refractivity contribution in [2.45, 2.75) is 0 Å². The molecule has 5 nitrogen and oxygen atoms in total. The van der Waals surface area contributed by atoms with E-state index in [-0.39, 0.29) is 17.3 Å². The van der Waals surface area contributed by atoms with E-state index in [4.69, 9.17) is 0 Å². The van der Waals surface area contributed by atoms with Crippen LogP contribution in [0.5, 0.6) is 0 Å². The molecule has 2 aromatic rings. The molecule has 1 aromatic carbocycles. The van der Waals surface area contributed by atoms with Gasteiger partial charge in [-0.25, -0.2) is 8.78 Å². The van der Waals surface area contributed by atoms with Crippen LogP contribution < -0.4 is 10.6 Å². The van der Waals surface area contributed by atoms with Crippen molar-refractivity contribution in [1.82, 2.24) is 15.2 Å². The predicted molar refractivity (Wildman–Crippen MR) is 84.8 cm³/mol. The van der Waals surface area contributed by atoms with Gasteiger partial charge in [-0.1, -0.05) is 0 Å². The number of pyridine rings is 1. The first-order valence-electron chi connectivity index (χ1n) is 7.07. The molecule has 7 heteroatoms. The van der Waals surface area contributed by atoms with Gasteiger partial charge in [0.05, 0.1) is 5.69 Å². The van der Waals surface area contributed by atoms with Crippen LogP contribution in [-0.2, 0) is 0 Å². The second-order valence-electron chi connectivity index (χ2n) is 5.24. The molecule has 2 N–H and O–H groups in total. The molecular formula is C16H18F2N4O. The molecule has 0 aliphatic carbocycles. The number of hydrogen-bond acceptors (Lipinski definition) is 4. The number of carbonyl (C=O) groups is 1. The van der Waals surface area contributed by atoms with Gasteiger partial charge < -0.3 is 15.5 Å². The van der Waals surface area contributed by atoms with Crippen LogP contribution in [0.25, 0.3) is 0 Å². The lowest BCUT2D eigenvalue weighted by Crippen LogP contribution is -2.31. The highest BCUT2D eigenvalue weighted by atomic mass is 19.1. The average Bonchev–Trinajstić information content (AvgIpc) is 2.50. The van der Waals surface area contributed by atoms with Crippen molar-refractivity contribution in [3.8, 4) is 0 Å². The molecule has 1 heterocycles. The van der Waals surface area contributed by atoms with Crippen molar-refractivity contribution in [1.29, 1.82) is 0 Å². The van der Waals surface area contributed by atoms with Crippen LogP contribution in [0.1, 0.15) is 10.5 Å². The van der Waals surface area contributed by atoms with Crippen LogP contribution in [0.2, 0.25) is 0 Å². The third-order valence-corrected chi connectivity index (χ3v) is 3.05. The van der Waals surface area contributed by atoms with E-state index in [1.807, 2.05) is 19.0 Å². The number of aromatic nitrogens is 1. The van der Waals surface area contributed by atoms with E-state index in [2.05, 4.69) is 15.6 Å². The number of rotatable bonds is 6. The topological polar surface area (TPSA) is 57.3 Å². The number of amides is 1. The van der Waals surface area contributed by atoms with Crippen molar-refractivity contribution in [3.05, 3.63) is 53.9 Å². The van der Waals surface area contributed by atoms with Gasteiger partial charge in [0.25, 0.3) is 5.91 Å². The molecule has 2 rings (SSSR count). The summed E-state index contributed by atoms with van der Waals surface area (Å²) >= 11 is 0. The molecule has 0 atom stereocenters. The number of hydrogen-bond donors (Lipinski definition) is 2. The minimum absolute atomic E-state index is 0.122. The van der Waals surface area contributed by atoms with Gasteiger partial charge in [-0.3, -0.25) is 9.78 Å². The lowest BCUT2D eigenvalue weighted by molar-refractivity contribution is 0.0946. The van der Waals surface area contributed by atoms with Crippen molar-refractivity contribution in [2.75, 3.05) is 32.5 Å². The number of anilines is 2. The number of nitrogens with one attached hydrogen (secondary N) is 2. The first-order valence-corrected chi connectivity index (χ1v) is 7.07. The fourth-order valence-electron chi connectivity index (χ4n) is 1.86. The highest BCUT2D eigenvalue weighted by Gasteiger charge is 2.09. The first kappa shape index (κ1) is 16.8. The molecule has 23 heavy (non-hydrogen) atoms. The van der Waals surface area contributed by atoms with Crippen molar-refractivity contribution in [2.24, 2.45) is 0 Å². The second kappa shape index (κ2) is 7.64. The second-order valence-corrected chi connectivity index (χ2v) is 5.24. The maximum Gasteiger partial charge on any atom is 0.269 e. The van der Waals surface area contributed by atoms with Gasteiger partial charge in [0.15, 0.2) is 0 Å². The van der Waals surface area contributed by atoms with Crippen LogP contribution in [0, 0.1) is 11.6 Å². The zero-order valence-electron chi connectivity index (χ0n) is 12.9. The Balaban J connectivity index is 2.06. The fraction of sp³-hybridized carbons (Fsp3) is 0.250. The van der Waals surface area contributed by atoms with E-state index in [0.29, 0.717) is 18.8 Å². The normalized spacial score (nSPS) is 10.7. The standard InChI is InChI=1S/C16H18F2N4O/c1-22(2)8-7-20-16(23)15-10-12(5-6-19-15)21-14-4-3-11(17)9-13(14)18/h3-6,9-10H,7-8H2,1-2H3,(H,19,21)(H,20,23). The number of likely N-dealkylation sites (N-methyl/N-ethyl adjacent to an activating group) is 1. The van der Waals surface area contributed by atoms with E-state index in [0.717, 1.165) is 12.1 Å². The van der Waals surface area contributed by atoms with Gasteiger partial charge in [0.2, 0.25) is 0 Å². The lowest BCUT2D eigenvalue weighted by Gasteiger charge is -2.11. The third kappa shape index (κ3) is 5.00. The Morgan fingerprint density at radius 3 is 2.70 bits per heavy atom. The van der Waals surface area contributed by atoms with E-state index in [1.165, 1.54) is 18.3 Å². The average molecular weight is 320 g/mol. The molecule has 0 spiro atoms. The van der Waals surface area contributed by atoms with Gasteiger partial charge in [-0.05, 0) is 38.4 Å². The molecule has 0 unspecified atom stereocenters. The minimum atomic E-state index is -0.709. The summed E-state index contributed by atoms with van der Waals surface area (Å²) in [6, 6.07) is 6.34. The zero-order valence-corrected chi connectivity index (χ0v) is 12.9. The van der Waals surface area contributed by atoms with E-state index in [1.54, 1.807) is 6.07 Å². The largest absolute Gasteiger partial charge is 0.353 e. The highest BCUT2D eigenvalue weighted by Crippen LogP contribution is 2.20. The summed E-state index contributed by atoms with van der Waals surface area (Å²) < 4.78 is 26.5. The van der Waals surface area contributed by atoms with Gasteiger partial charge in [0, 0.05) is 31.0 Å². The van der Waals surface area contributed by atoms with Crippen molar-refractivity contribution in [3.63, 3.8) is 0 Å². The van der Waals surface area contributed by atoms with Crippen molar-refractivity contribution < 1.29 is 13.6 Å². The first-order chi connectivity index (χ1) is 11.0. The summed E-state index contributed by atoms with van der Waals surface area (Å²) in [5, 5.41) is 5.54. The monoisotopic (exact) mass is 320 g/mol. The summed E-state index contributed by atoms with van der Waals surface area (Å²) in [6.45, 7) is 1.21. The third-order valence-electron chi connectivity index (χ3n) is 3.05. The molecule has 0 fully saturated rings. The zero-order chi connectivity index (χ0) is 16.8. The summed E-state index contributed by atoms with van der Waals surface area (Å²) in [5.74, 6) is -1.67. The van der Waals surface area contributed by atoms with E-state index < -0.39 is 11.6 Å². The molecule has 0 saturated heterocycles. The van der Waals surface area contributed by atoms with Crippen molar-refractivity contribution >= 4 is 17.3 Å². The maximum atomic E-state index is 13.6. The van der Waals surface area contributed by atoms with Crippen LogP contribution in [0.3, 0.4) is 0 Å².